The predicted molar refractivity (Wildman–Crippen MR) is 90.5 cm³/mol. The SMILES string of the molecule is O=C(CSc1nnc(C[C@@H]2CCS(=O)(=O)C2)o1)Nc1ccccc1F. The molecule has 1 N–H and O–H groups in total. The third-order valence-corrected chi connectivity index (χ3v) is 6.37. The van der Waals surface area contributed by atoms with Gasteiger partial charge in [0.25, 0.3) is 5.22 Å². The van der Waals surface area contributed by atoms with Crippen molar-refractivity contribution >= 4 is 33.2 Å². The van der Waals surface area contributed by atoms with Crippen molar-refractivity contribution in [2.24, 2.45) is 5.92 Å². The minimum absolute atomic E-state index is 0.00618. The Kier molecular flexibility index (Phi) is 5.38. The molecule has 3 rings (SSSR count). The van der Waals surface area contributed by atoms with Crippen molar-refractivity contribution in [1.82, 2.24) is 10.2 Å². The van der Waals surface area contributed by atoms with Crippen LogP contribution in [0.3, 0.4) is 0 Å². The molecule has 0 unspecified atom stereocenters. The Hall–Kier alpha value is -1.94. The van der Waals surface area contributed by atoms with Crippen LogP contribution in [0.2, 0.25) is 0 Å². The van der Waals surface area contributed by atoms with Crippen LogP contribution in [0.1, 0.15) is 12.3 Å². The number of sulfone groups is 1. The van der Waals surface area contributed by atoms with Gasteiger partial charge in [0.2, 0.25) is 11.8 Å². The second kappa shape index (κ2) is 7.52. The smallest absolute Gasteiger partial charge is 0.277 e. The number of halogens is 1. The summed E-state index contributed by atoms with van der Waals surface area (Å²) in [5, 5.41) is 10.4. The number of aromatic nitrogens is 2. The molecule has 1 amide bonds. The number of rotatable bonds is 6. The minimum atomic E-state index is -2.94. The highest BCUT2D eigenvalue weighted by Gasteiger charge is 2.29. The highest BCUT2D eigenvalue weighted by molar-refractivity contribution is 7.99. The molecule has 1 aromatic carbocycles. The lowest BCUT2D eigenvalue weighted by atomic mass is 10.1. The molecule has 25 heavy (non-hydrogen) atoms. The highest BCUT2D eigenvalue weighted by Crippen LogP contribution is 2.24. The first kappa shape index (κ1) is 17.9. The fraction of sp³-hybridized carbons (Fsp3) is 0.400. The van der Waals surface area contributed by atoms with Gasteiger partial charge in [0.15, 0.2) is 9.84 Å². The maximum absolute atomic E-state index is 13.5. The fourth-order valence-electron chi connectivity index (χ4n) is 2.54. The molecule has 1 aliphatic rings. The average Bonchev–Trinajstić information content (AvgIpc) is 3.14. The summed E-state index contributed by atoms with van der Waals surface area (Å²) in [5.74, 6) is -0.212. The molecule has 1 aliphatic heterocycles. The van der Waals surface area contributed by atoms with Crippen LogP contribution in [0.5, 0.6) is 0 Å². The van der Waals surface area contributed by atoms with Crippen LogP contribution in [0.15, 0.2) is 33.9 Å². The number of nitrogens with zero attached hydrogens (tertiary/aromatic N) is 2. The number of carbonyl (C=O) groups is 1. The van der Waals surface area contributed by atoms with Gasteiger partial charge in [-0.1, -0.05) is 23.9 Å². The summed E-state index contributed by atoms with van der Waals surface area (Å²) in [6, 6.07) is 5.89. The van der Waals surface area contributed by atoms with Crippen LogP contribution >= 0.6 is 11.8 Å². The fourth-order valence-corrected chi connectivity index (χ4v) is 4.98. The van der Waals surface area contributed by atoms with Gasteiger partial charge >= 0.3 is 0 Å². The lowest BCUT2D eigenvalue weighted by molar-refractivity contribution is -0.113. The zero-order valence-electron chi connectivity index (χ0n) is 13.1. The number of hydrogen-bond acceptors (Lipinski definition) is 7. The van der Waals surface area contributed by atoms with Gasteiger partial charge in [-0.15, -0.1) is 10.2 Å². The standard InChI is InChI=1S/C15H16FN3O4S2/c16-11-3-1-2-4-12(11)17-13(20)8-24-15-19-18-14(23-15)7-10-5-6-25(21,22)9-10/h1-4,10H,5-9H2,(H,17,20)/t10-/m0/s1. The van der Waals surface area contributed by atoms with Gasteiger partial charge in [-0.2, -0.15) is 0 Å². The second-order valence-corrected chi connectivity index (χ2v) is 8.91. The number of nitrogens with one attached hydrogen (secondary N) is 1. The third kappa shape index (κ3) is 5.02. The highest BCUT2D eigenvalue weighted by atomic mass is 32.2. The van der Waals surface area contributed by atoms with Gasteiger partial charge < -0.3 is 9.73 Å². The summed E-state index contributed by atoms with van der Waals surface area (Å²) in [6.07, 6.45) is 1.01. The van der Waals surface area contributed by atoms with E-state index >= 15 is 0 Å². The summed E-state index contributed by atoms with van der Waals surface area (Å²) >= 11 is 1.04. The van der Waals surface area contributed by atoms with Gasteiger partial charge in [0.1, 0.15) is 5.82 Å². The number of carbonyl (C=O) groups excluding carboxylic acids is 1. The summed E-state index contributed by atoms with van der Waals surface area (Å²) in [5.41, 5.74) is 0.113. The molecule has 0 radical (unpaired) electrons. The lowest BCUT2D eigenvalue weighted by Gasteiger charge is -2.04. The van der Waals surface area contributed by atoms with Crippen molar-refractivity contribution in [2.75, 3.05) is 22.6 Å². The van der Waals surface area contributed by atoms with E-state index in [1.165, 1.54) is 18.2 Å². The van der Waals surface area contributed by atoms with E-state index in [9.17, 15) is 17.6 Å². The molecule has 10 heteroatoms. The number of amides is 1. The number of benzene rings is 1. The van der Waals surface area contributed by atoms with Crippen LogP contribution in [-0.4, -0.2) is 41.8 Å². The Morgan fingerprint density at radius 2 is 2.16 bits per heavy atom. The number of para-hydroxylation sites is 1. The van der Waals surface area contributed by atoms with E-state index < -0.39 is 21.6 Å². The molecule has 0 bridgehead atoms. The van der Waals surface area contributed by atoms with E-state index in [2.05, 4.69) is 15.5 Å². The van der Waals surface area contributed by atoms with Crippen LogP contribution in [0.4, 0.5) is 10.1 Å². The summed E-state index contributed by atoms with van der Waals surface area (Å²) in [4.78, 5) is 11.8. The van der Waals surface area contributed by atoms with Crippen molar-refractivity contribution in [2.45, 2.75) is 18.1 Å². The first-order valence-corrected chi connectivity index (χ1v) is 10.4. The van der Waals surface area contributed by atoms with Crippen molar-refractivity contribution in [3.63, 3.8) is 0 Å². The average molecular weight is 385 g/mol. The Labute approximate surface area is 148 Å². The number of anilines is 1. The molecule has 0 aliphatic carbocycles. The molecule has 2 heterocycles. The van der Waals surface area contributed by atoms with Gasteiger partial charge in [-0.25, -0.2) is 12.8 Å². The summed E-state index contributed by atoms with van der Waals surface area (Å²) in [7, 11) is -2.94. The molecule has 1 aromatic heterocycles. The predicted octanol–water partition coefficient (Wildman–Crippen LogP) is 1.92. The molecule has 2 aromatic rings. The van der Waals surface area contributed by atoms with Crippen molar-refractivity contribution < 1.29 is 22.0 Å². The molecule has 0 spiro atoms. The molecule has 1 atom stereocenters. The van der Waals surface area contributed by atoms with E-state index in [1.807, 2.05) is 0 Å². The van der Waals surface area contributed by atoms with Crippen LogP contribution in [0, 0.1) is 11.7 Å². The van der Waals surface area contributed by atoms with Gasteiger partial charge in [-0.3, -0.25) is 4.79 Å². The number of thioether (sulfide) groups is 1. The molecule has 7 nitrogen and oxygen atoms in total. The third-order valence-electron chi connectivity index (χ3n) is 3.71. The molecule has 134 valence electrons. The summed E-state index contributed by atoms with van der Waals surface area (Å²) < 4.78 is 41.8. The normalized spacial score (nSPS) is 19.0. The lowest BCUT2D eigenvalue weighted by Crippen LogP contribution is -2.14. The Balaban J connectivity index is 1.48. The van der Waals surface area contributed by atoms with Crippen molar-refractivity contribution in [1.29, 1.82) is 0 Å². The van der Waals surface area contributed by atoms with Crippen LogP contribution in [-0.2, 0) is 21.1 Å². The quantitative estimate of drug-likeness (QED) is 0.758. The maximum atomic E-state index is 13.5. The Bertz CT molecular complexity index is 869. The number of hydrogen-bond donors (Lipinski definition) is 1. The minimum Gasteiger partial charge on any atom is -0.416 e. The zero-order chi connectivity index (χ0) is 17.9. The van der Waals surface area contributed by atoms with Crippen LogP contribution in [0.25, 0.3) is 0 Å². The molecule has 1 saturated heterocycles. The van der Waals surface area contributed by atoms with Crippen molar-refractivity contribution in [3.05, 3.63) is 36.0 Å². The van der Waals surface area contributed by atoms with Crippen LogP contribution < -0.4 is 5.32 Å². The molecular weight excluding hydrogens is 369 g/mol. The first-order valence-electron chi connectivity index (χ1n) is 7.61. The van der Waals surface area contributed by atoms with E-state index in [0.717, 1.165) is 11.8 Å². The maximum Gasteiger partial charge on any atom is 0.277 e. The largest absolute Gasteiger partial charge is 0.416 e. The molecular formula is C15H16FN3O4S2. The molecule has 0 saturated carbocycles. The van der Waals surface area contributed by atoms with Gasteiger partial charge in [-0.05, 0) is 24.5 Å². The van der Waals surface area contributed by atoms with E-state index in [4.69, 9.17) is 4.42 Å². The topological polar surface area (TPSA) is 102 Å². The van der Waals surface area contributed by atoms with Crippen molar-refractivity contribution in [3.8, 4) is 0 Å². The van der Waals surface area contributed by atoms with Gasteiger partial charge in [0.05, 0.1) is 22.9 Å². The monoisotopic (exact) mass is 385 g/mol. The van der Waals surface area contributed by atoms with E-state index in [0.29, 0.717) is 18.7 Å². The van der Waals surface area contributed by atoms with E-state index in [-0.39, 0.29) is 34.1 Å². The Morgan fingerprint density at radius 3 is 2.88 bits per heavy atom. The molecule has 1 fully saturated rings. The van der Waals surface area contributed by atoms with Gasteiger partial charge in [0, 0.05) is 6.42 Å². The Morgan fingerprint density at radius 1 is 1.36 bits per heavy atom. The van der Waals surface area contributed by atoms with E-state index in [1.54, 1.807) is 6.07 Å². The first-order chi connectivity index (χ1) is 11.9. The second-order valence-electron chi connectivity index (χ2n) is 5.75. The summed E-state index contributed by atoms with van der Waals surface area (Å²) in [6.45, 7) is 0. The zero-order valence-corrected chi connectivity index (χ0v) is 14.8.